The molecular weight excluding hydrogens is 235 g/mol. The lowest BCUT2D eigenvalue weighted by Gasteiger charge is -2.07. The summed E-state index contributed by atoms with van der Waals surface area (Å²) in [4.78, 5) is 10.7. The van der Waals surface area contributed by atoms with Gasteiger partial charge in [0.25, 0.3) is 0 Å². The van der Waals surface area contributed by atoms with Crippen molar-refractivity contribution in [2.45, 2.75) is 6.92 Å². The summed E-state index contributed by atoms with van der Waals surface area (Å²) in [6.07, 6.45) is 0. The van der Waals surface area contributed by atoms with Gasteiger partial charge >= 0.3 is 5.97 Å². The van der Waals surface area contributed by atoms with E-state index >= 15 is 0 Å². The number of hydrogen-bond donors (Lipinski definition) is 1. The van der Waals surface area contributed by atoms with Crippen molar-refractivity contribution >= 4 is 5.97 Å². The minimum atomic E-state index is -1.01. The fourth-order valence-electron chi connectivity index (χ4n) is 1.48. The molecule has 0 aliphatic heterocycles. The number of ether oxygens (including phenoxy) is 1. The highest BCUT2D eigenvalue weighted by molar-refractivity contribution is 5.87. The van der Waals surface area contributed by atoms with Gasteiger partial charge in [0.2, 0.25) is 0 Å². The SMILES string of the molecule is Cc1ccc(F)c(Oc2ccc(C(=O)O)cc2)c1. The maximum atomic E-state index is 13.4. The van der Waals surface area contributed by atoms with E-state index in [0.29, 0.717) is 5.75 Å². The maximum Gasteiger partial charge on any atom is 0.335 e. The molecule has 0 fully saturated rings. The Morgan fingerprint density at radius 2 is 1.83 bits per heavy atom. The van der Waals surface area contributed by atoms with Crippen molar-refractivity contribution in [2.75, 3.05) is 0 Å². The lowest BCUT2D eigenvalue weighted by atomic mass is 10.2. The first-order valence-corrected chi connectivity index (χ1v) is 5.33. The van der Waals surface area contributed by atoms with Crippen LogP contribution in [0.15, 0.2) is 42.5 Å². The number of aromatic carboxylic acids is 1. The second-order valence-electron chi connectivity index (χ2n) is 3.87. The standard InChI is InChI=1S/C14H11FO3/c1-9-2-7-12(15)13(8-9)18-11-5-3-10(4-6-11)14(16)17/h2-8H,1H3,(H,16,17). The summed E-state index contributed by atoms with van der Waals surface area (Å²) in [6, 6.07) is 10.4. The number of halogens is 1. The van der Waals surface area contributed by atoms with Gasteiger partial charge in [-0.3, -0.25) is 0 Å². The van der Waals surface area contributed by atoms with Gasteiger partial charge in [0.15, 0.2) is 11.6 Å². The molecule has 92 valence electrons. The van der Waals surface area contributed by atoms with E-state index in [1.807, 2.05) is 6.92 Å². The van der Waals surface area contributed by atoms with Crippen molar-refractivity contribution in [2.24, 2.45) is 0 Å². The van der Waals surface area contributed by atoms with Crippen molar-refractivity contribution in [3.63, 3.8) is 0 Å². The Hall–Kier alpha value is -2.36. The fraction of sp³-hybridized carbons (Fsp3) is 0.0714. The molecule has 3 nitrogen and oxygen atoms in total. The summed E-state index contributed by atoms with van der Waals surface area (Å²) >= 11 is 0. The largest absolute Gasteiger partial charge is 0.478 e. The minimum absolute atomic E-state index is 0.123. The van der Waals surface area contributed by atoms with Crippen LogP contribution in [0, 0.1) is 12.7 Å². The molecule has 0 radical (unpaired) electrons. The van der Waals surface area contributed by atoms with E-state index in [1.165, 1.54) is 30.3 Å². The summed E-state index contributed by atoms with van der Waals surface area (Å²) in [6.45, 7) is 1.83. The maximum absolute atomic E-state index is 13.4. The molecule has 0 unspecified atom stereocenters. The third-order valence-corrected chi connectivity index (χ3v) is 2.42. The Kier molecular flexibility index (Phi) is 3.28. The Bertz CT molecular complexity index is 576. The Morgan fingerprint density at radius 3 is 2.44 bits per heavy atom. The van der Waals surface area contributed by atoms with Crippen LogP contribution in [0.2, 0.25) is 0 Å². The topological polar surface area (TPSA) is 46.5 Å². The van der Waals surface area contributed by atoms with Crippen LogP contribution < -0.4 is 4.74 Å². The van der Waals surface area contributed by atoms with Crippen molar-refractivity contribution in [3.8, 4) is 11.5 Å². The first-order valence-electron chi connectivity index (χ1n) is 5.33. The van der Waals surface area contributed by atoms with E-state index < -0.39 is 11.8 Å². The van der Waals surface area contributed by atoms with Crippen LogP contribution in [0.5, 0.6) is 11.5 Å². The number of aryl methyl sites for hydroxylation is 1. The van der Waals surface area contributed by atoms with Crippen LogP contribution in [-0.4, -0.2) is 11.1 Å². The lowest BCUT2D eigenvalue weighted by molar-refractivity contribution is 0.0697. The molecule has 0 atom stereocenters. The summed E-state index contributed by atoms with van der Waals surface area (Å²) in [5.74, 6) is -0.950. The minimum Gasteiger partial charge on any atom is -0.478 e. The zero-order valence-corrected chi connectivity index (χ0v) is 9.68. The van der Waals surface area contributed by atoms with Crippen LogP contribution in [-0.2, 0) is 0 Å². The molecule has 2 aromatic carbocycles. The van der Waals surface area contributed by atoms with Gasteiger partial charge in [-0.05, 0) is 48.9 Å². The van der Waals surface area contributed by atoms with Crippen LogP contribution in [0.3, 0.4) is 0 Å². The van der Waals surface area contributed by atoms with Gasteiger partial charge < -0.3 is 9.84 Å². The molecule has 0 aliphatic rings. The van der Waals surface area contributed by atoms with Crippen molar-refractivity contribution < 1.29 is 19.0 Å². The van der Waals surface area contributed by atoms with Crippen molar-refractivity contribution in [3.05, 3.63) is 59.4 Å². The van der Waals surface area contributed by atoms with Gasteiger partial charge in [-0.1, -0.05) is 6.07 Å². The van der Waals surface area contributed by atoms with E-state index in [0.717, 1.165) is 5.56 Å². The zero-order chi connectivity index (χ0) is 13.1. The first-order chi connectivity index (χ1) is 8.56. The average molecular weight is 246 g/mol. The number of rotatable bonds is 3. The highest BCUT2D eigenvalue weighted by Gasteiger charge is 2.06. The molecule has 0 amide bonds. The van der Waals surface area contributed by atoms with Gasteiger partial charge in [0.1, 0.15) is 5.75 Å². The number of carboxylic acid groups (broad SMARTS) is 1. The van der Waals surface area contributed by atoms with E-state index in [2.05, 4.69) is 0 Å². The van der Waals surface area contributed by atoms with Crippen LogP contribution in [0.1, 0.15) is 15.9 Å². The third kappa shape index (κ3) is 2.66. The summed E-state index contributed by atoms with van der Waals surface area (Å²) in [5, 5.41) is 8.75. The van der Waals surface area contributed by atoms with Gasteiger partial charge in [0.05, 0.1) is 5.56 Å². The Labute approximate surface area is 103 Å². The highest BCUT2D eigenvalue weighted by atomic mass is 19.1. The van der Waals surface area contributed by atoms with E-state index in [1.54, 1.807) is 12.1 Å². The van der Waals surface area contributed by atoms with Crippen LogP contribution in [0.4, 0.5) is 4.39 Å². The molecule has 0 saturated carbocycles. The summed E-state index contributed by atoms with van der Waals surface area (Å²) in [5.41, 5.74) is 1.04. The van der Waals surface area contributed by atoms with Gasteiger partial charge in [-0.15, -0.1) is 0 Å². The second kappa shape index (κ2) is 4.87. The number of benzene rings is 2. The molecule has 0 saturated heterocycles. The van der Waals surface area contributed by atoms with Gasteiger partial charge in [0, 0.05) is 0 Å². The molecule has 2 rings (SSSR count). The quantitative estimate of drug-likeness (QED) is 0.899. The molecule has 0 aliphatic carbocycles. The average Bonchev–Trinajstić information content (AvgIpc) is 2.34. The van der Waals surface area contributed by atoms with Gasteiger partial charge in [-0.25, -0.2) is 9.18 Å². The molecule has 0 spiro atoms. The number of carboxylic acids is 1. The third-order valence-electron chi connectivity index (χ3n) is 2.42. The molecule has 1 N–H and O–H groups in total. The number of carbonyl (C=O) groups is 1. The fourth-order valence-corrected chi connectivity index (χ4v) is 1.48. The van der Waals surface area contributed by atoms with Gasteiger partial charge in [-0.2, -0.15) is 0 Å². The second-order valence-corrected chi connectivity index (χ2v) is 3.87. The van der Waals surface area contributed by atoms with Crippen LogP contribution in [0.25, 0.3) is 0 Å². The van der Waals surface area contributed by atoms with Crippen LogP contribution >= 0.6 is 0 Å². The normalized spacial score (nSPS) is 10.1. The zero-order valence-electron chi connectivity index (χ0n) is 9.68. The Balaban J connectivity index is 2.23. The molecule has 18 heavy (non-hydrogen) atoms. The monoisotopic (exact) mass is 246 g/mol. The summed E-state index contributed by atoms with van der Waals surface area (Å²) < 4.78 is 18.8. The predicted molar refractivity (Wildman–Crippen MR) is 64.6 cm³/mol. The van der Waals surface area contributed by atoms with Crippen molar-refractivity contribution in [1.82, 2.24) is 0 Å². The Morgan fingerprint density at radius 1 is 1.17 bits per heavy atom. The highest BCUT2D eigenvalue weighted by Crippen LogP contribution is 2.25. The molecule has 4 heteroatoms. The van der Waals surface area contributed by atoms with E-state index in [9.17, 15) is 9.18 Å². The number of hydrogen-bond acceptors (Lipinski definition) is 2. The summed E-state index contributed by atoms with van der Waals surface area (Å²) in [7, 11) is 0. The lowest BCUT2D eigenvalue weighted by Crippen LogP contribution is -1.95. The molecular formula is C14H11FO3. The first kappa shape index (κ1) is 12.1. The smallest absolute Gasteiger partial charge is 0.335 e. The van der Waals surface area contributed by atoms with Crippen molar-refractivity contribution in [1.29, 1.82) is 0 Å². The molecule has 0 heterocycles. The predicted octanol–water partition coefficient (Wildman–Crippen LogP) is 3.62. The molecule has 0 aromatic heterocycles. The van der Waals surface area contributed by atoms with E-state index in [4.69, 9.17) is 9.84 Å². The molecule has 0 bridgehead atoms. The molecule has 2 aromatic rings. The van der Waals surface area contributed by atoms with E-state index in [-0.39, 0.29) is 11.3 Å².